The normalized spacial score (nSPS) is 17.6. The molecule has 0 saturated carbocycles. The van der Waals surface area contributed by atoms with Crippen molar-refractivity contribution in [1.82, 2.24) is 24.8 Å². The van der Waals surface area contributed by atoms with E-state index in [1.165, 1.54) is 0 Å². The summed E-state index contributed by atoms with van der Waals surface area (Å²) in [7, 11) is 2.07. The van der Waals surface area contributed by atoms with Gasteiger partial charge in [0.2, 0.25) is 0 Å². The number of aromatic nitrogens is 3. The molecule has 144 valence electrons. The standard InChI is InChI=1S/C19H27N7O/c1-14-5-6-15(12-22-14)23-19(27)26-10-3-4-16(8-11-26)25(2)13-18-21-9-7-17(20)24-18/h5-7,9,12,16H,3-4,8,10-11,13H2,1-2H3,(H,23,27)(H2,20,21,24). The SMILES string of the molecule is Cc1ccc(NC(=O)N2CCCC(N(C)Cc3nccc(N)n3)CC2)cn1. The number of carbonyl (C=O) groups is 1. The lowest BCUT2D eigenvalue weighted by Crippen LogP contribution is -2.37. The molecule has 1 saturated heterocycles. The molecule has 1 aliphatic rings. The second-order valence-corrected chi connectivity index (χ2v) is 7.00. The van der Waals surface area contributed by atoms with Crippen LogP contribution in [-0.4, -0.2) is 57.0 Å². The molecule has 1 unspecified atom stereocenters. The van der Waals surface area contributed by atoms with E-state index in [4.69, 9.17) is 5.73 Å². The minimum atomic E-state index is -0.0666. The molecule has 1 atom stereocenters. The molecule has 8 nitrogen and oxygen atoms in total. The van der Waals surface area contributed by atoms with Crippen LogP contribution in [0.15, 0.2) is 30.6 Å². The molecule has 0 aliphatic carbocycles. The Morgan fingerprint density at radius 3 is 2.89 bits per heavy atom. The number of urea groups is 1. The van der Waals surface area contributed by atoms with Crippen LogP contribution in [0, 0.1) is 6.92 Å². The van der Waals surface area contributed by atoms with E-state index in [1.807, 2.05) is 24.0 Å². The number of pyridine rings is 1. The third kappa shape index (κ3) is 5.37. The van der Waals surface area contributed by atoms with Gasteiger partial charge in [0.05, 0.1) is 18.4 Å². The van der Waals surface area contributed by atoms with Gasteiger partial charge in [0, 0.05) is 31.0 Å². The first-order valence-electron chi connectivity index (χ1n) is 9.27. The Labute approximate surface area is 159 Å². The van der Waals surface area contributed by atoms with Crippen molar-refractivity contribution in [2.24, 2.45) is 0 Å². The highest BCUT2D eigenvalue weighted by atomic mass is 16.2. The van der Waals surface area contributed by atoms with Crippen LogP contribution in [0.1, 0.15) is 30.8 Å². The van der Waals surface area contributed by atoms with E-state index in [9.17, 15) is 4.79 Å². The maximum Gasteiger partial charge on any atom is 0.321 e. The summed E-state index contributed by atoms with van der Waals surface area (Å²) in [5, 5.41) is 2.93. The van der Waals surface area contributed by atoms with Crippen LogP contribution in [0.25, 0.3) is 0 Å². The Hall–Kier alpha value is -2.74. The van der Waals surface area contributed by atoms with Gasteiger partial charge in [-0.3, -0.25) is 9.88 Å². The van der Waals surface area contributed by atoms with Gasteiger partial charge in [-0.2, -0.15) is 0 Å². The van der Waals surface area contributed by atoms with Crippen LogP contribution in [0.2, 0.25) is 0 Å². The lowest BCUT2D eigenvalue weighted by Gasteiger charge is -2.26. The highest BCUT2D eigenvalue weighted by Crippen LogP contribution is 2.18. The van der Waals surface area contributed by atoms with Gasteiger partial charge in [0.15, 0.2) is 0 Å². The molecule has 1 aliphatic heterocycles. The van der Waals surface area contributed by atoms with Crippen LogP contribution in [0.4, 0.5) is 16.3 Å². The van der Waals surface area contributed by atoms with Crippen LogP contribution < -0.4 is 11.1 Å². The van der Waals surface area contributed by atoms with E-state index < -0.39 is 0 Å². The van der Waals surface area contributed by atoms with Gasteiger partial charge in [-0.15, -0.1) is 0 Å². The van der Waals surface area contributed by atoms with E-state index in [0.717, 1.165) is 49.6 Å². The molecule has 2 amide bonds. The number of hydrogen-bond donors (Lipinski definition) is 2. The average Bonchev–Trinajstić information content (AvgIpc) is 2.90. The summed E-state index contributed by atoms with van der Waals surface area (Å²) in [6, 6.07) is 5.77. The molecule has 3 N–H and O–H groups in total. The second kappa shape index (κ2) is 8.77. The maximum absolute atomic E-state index is 12.5. The van der Waals surface area contributed by atoms with Gasteiger partial charge in [-0.25, -0.2) is 14.8 Å². The van der Waals surface area contributed by atoms with E-state index >= 15 is 0 Å². The number of amides is 2. The molecule has 8 heteroatoms. The van der Waals surface area contributed by atoms with Crippen LogP contribution in [0.5, 0.6) is 0 Å². The highest BCUT2D eigenvalue weighted by Gasteiger charge is 2.23. The zero-order chi connectivity index (χ0) is 19.2. The Morgan fingerprint density at radius 1 is 1.30 bits per heavy atom. The Bertz CT molecular complexity index is 765. The van der Waals surface area contributed by atoms with Gasteiger partial charge >= 0.3 is 6.03 Å². The van der Waals surface area contributed by atoms with E-state index in [1.54, 1.807) is 18.5 Å². The zero-order valence-electron chi connectivity index (χ0n) is 15.9. The van der Waals surface area contributed by atoms with E-state index in [0.29, 0.717) is 18.4 Å². The third-order valence-electron chi connectivity index (χ3n) is 4.89. The van der Waals surface area contributed by atoms with Gasteiger partial charge in [0.1, 0.15) is 11.6 Å². The average molecular weight is 369 g/mol. The van der Waals surface area contributed by atoms with Crippen molar-refractivity contribution in [1.29, 1.82) is 0 Å². The summed E-state index contributed by atoms with van der Waals surface area (Å²) < 4.78 is 0. The molecule has 0 aromatic carbocycles. The molecular formula is C19H27N7O. The summed E-state index contributed by atoms with van der Waals surface area (Å²) in [6.07, 6.45) is 6.29. The van der Waals surface area contributed by atoms with Gasteiger partial charge in [-0.05, 0) is 51.4 Å². The molecule has 0 bridgehead atoms. The topological polar surface area (TPSA) is 100 Å². The summed E-state index contributed by atoms with van der Waals surface area (Å²) in [5.74, 6) is 1.21. The first kappa shape index (κ1) is 19.0. The van der Waals surface area contributed by atoms with Crippen molar-refractivity contribution in [3.8, 4) is 0 Å². The Morgan fingerprint density at radius 2 is 2.15 bits per heavy atom. The number of rotatable bonds is 4. The fourth-order valence-corrected chi connectivity index (χ4v) is 3.31. The summed E-state index contributed by atoms with van der Waals surface area (Å²) in [6.45, 7) is 4.05. The van der Waals surface area contributed by atoms with Crippen molar-refractivity contribution in [3.05, 3.63) is 42.1 Å². The van der Waals surface area contributed by atoms with Crippen molar-refractivity contribution in [2.45, 2.75) is 38.8 Å². The minimum Gasteiger partial charge on any atom is -0.384 e. The smallest absolute Gasteiger partial charge is 0.321 e. The largest absolute Gasteiger partial charge is 0.384 e. The van der Waals surface area contributed by atoms with Gasteiger partial charge < -0.3 is 16.0 Å². The fraction of sp³-hybridized carbons (Fsp3) is 0.474. The predicted octanol–water partition coefficient (Wildman–Crippen LogP) is 2.28. The number of aryl methyl sites for hydroxylation is 1. The monoisotopic (exact) mass is 369 g/mol. The molecular weight excluding hydrogens is 342 g/mol. The Balaban J connectivity index is 1.53. The molecule has 3 heterocycles. The molecule has 0 spiro atoms. The van der Waals surface area contributed by atoms with Crippen molar-refractivity contribution < 1.29 is 4.79 Å². The lowest BCUT2D eigenvalue weighted by molar-refractivity contribution is 0.199. The summed E-state index contributed by atoms with van der Waals surface area (Å²) >= 11 is 0. The minimum absolute atomic E-state index is 0.0666. The van der Waals surface area contributed by atoms with Gasteiger partial charge in [-0.1, -0.05) is 0 Å². The molecule has 0 radical (unpaired) electrons. The lowest BCUT2D eigenvalue weighted by atomic mass is 10.1. The molecule has 27 heavy (non-hydrogen) atoms. The van der Waals surface area contributed by atoms with E-state index in [2.05, 4.69) is 32.2 Å². The van der Waals surface area contributed by atoms with E-state index in [-0.39, 0.29) is 6.03 Å². The van der Waals surface area contributed by atoms with Crippen molar-refractivity contribution >= 4 is 17.5 Å². The fourth-order valence-electron chi connectivity index (χ4n) is 3.31. The first-order chi connectivity index (χ1) is 13.0. The second-order valence-electron chi connectivity index (χ2n) is 7.00. The molecule has 2 aromatic heterocycles. The van der Waals surface area contributed by atoms with Crippen LogP contribution in [0.3, 0.4) is 0 Å². The number of likely N-dealkylation sites (tertiary alicyclic amines) is 1. The molecule has 1 fully saturated rings. The molecule has 2 aromatic rings. The van der Waals surface area contributed by atoms with Crippen molar-refractivity contribution in [3.63, 3.8) is 0 Å². The number of carbonyl (C=O) groups excluding carboxylic acids is 1. The highest BCUT2D eigenvalue weighted by molar-refractivity contribution is 5.89. The quantitative estimate of drug-likeness (QED) is 0.857. The van der Waals surface area contributed by atoms with Crippen molar-refractivity contribution in [2.75, 3.05) is 31.2 Å². The third-order valence-corrected chi connectivity index (χ3v) is 4.89. The number of nitrogens with one attached hydrogen (secondary N) is 1. The number of nitrogens with zero attached hydrogens (tertiary/aromatic N) is 5. The predicted molar refractivity (Wildman–Crippen MR) is 105 cm³/mol. The number of anilines is 2. The first-order valence-corrected chi connectivity index (χ1v) is 9.27. The van der Waals surface area contributed by atoms with Gasteiger partial charge in [0.25, 0.3) is 0 Å². The Kier molecular flexibility index (Phi) is 6.18. The molecule has 3 rings (SSSR count). The number of hydrogen-bond acceptors (Lipinski definition) is 6. The zero-order valence-corrected chi connectivity index (χ0v) is 15.9. The van der Waals surface area contributed by atoms with Crippen LogP contribution in [-0.2, 0) is 6.54 Å². The summed E-state index contributed by atoms with van der Waals surface area (Å²) in [4.78, 5) is 29.4. The maximum atomic E-state index is 12.5. The number of nitrogen functional groups attached to an aromatic ring is 1. The number of nitrogens with two attached hydrogens (primary N) is 1. The summed E-state index contributed by atoms with van der Waals surface area (Å²) in [5.41, 5.74) is 7.39. The van der Waals surface area contributed by atoms with Crippen LogP contribution >= 0.6 is 0 Å².